The normalized spacial score (nSPS) is 10.6. The first kappa shape index (κ1) is 18.4. The zero-order valence-corrected chi connectivity index (χ0v) is 16.0. The van der Waals surface area contributed by atoms with Gasteiger partial charge in [0.05, 0.1) is 14.2 Å². The van der Waals surface area contributed by atoms with Gasteiger partial charge in [-0.3, -0.25) is 0 Å². The highest BCUT2D eigenvalue weighted by Gasteiger charge is 2.15. The van der Waals surface area contributed by atoms with E-state index in [0.29, 0.717) is 22.8 Å². The first-order valence-electron chi connectivity index (χ1n) is 9.01. The van der Waals surface area contributed by atoms with E-state index in [1.807, 2.05) is 54.6 Å². The molecule has 6 nitrogen and oxygen atoms in total. The number of methoxy groups -OCH3 is 2. The number of hydrogen-bond acceptors (Lipinski definition) is 6. The van der Waals surface area contributed by atoms with Crippen molar-refractivity contribution in [3.8, 4) is 51.2 Å². The Labute approximate surface area is 168 Å². The topological polar surface area (TPSA) is 77.4 Å². The van der Waals surface area contributed by atoms with E-state index in [0.717, 1.165) is 22.6 Å². The minimum atomic E-state index is 0.149. The van der Waals surface area contributed by atoms with Gasteiger partial charge < -0.3 is 14.6 Å². The molecular formula is C23H19N3O3. The number of phenolic OH excluding ortho intramolecular Hbond substituents is 1. The number of nitrogens with zero attached hydrogens (tertiary/aromatic N) is 3. The van der Waals surface area contributed by atoms with Crippen LogP contribution in [0.2, 0.25) is 0 Å². The molecule has 0 unspecified atom stereocenters. The fourth-order valence-electron chi connectivity index (χ4n) is 2.99. The summed E-state index contributed by atoms with van der Waals surface area (Å²) in [5.41, 5.74) is 3.79. The van der Waals surface area contributed by atoms with E-state index >= 15 is 0 Å². The first-order valence-corrected chi connectivity index (χ1v) is 9.01. The van der Waals surface area contributed by atoms with E-state index in [1.165, 1.54) is 0 Å². The number of hydrogen-bond donors (Lipinski definition) is 1. The summed E-state index contributed by atoms with van der Waals surface area (Å²) in [7, 11) is 3.26. The maximum atomic E-state index is 9.80. The van der Waals surface area contributed by atoms with Crippen LogP contribution >= 0.6 is 0 Å². The van der Waals surface area contributed by atoms with Crippen LogP contribution < -0.4 is 9.47 Å². The predicted octanol–water partition coefficient (Wildman–Crippen LogP) is 4.60. The van der Waals surface area contributed by atoms with Crippen LogP contribution in [0, 0.1) is 0 Å². The smallest absolute Gasteiger partial charge is 0.182 e. The molecule has 0 aliphatic rings. The van der Waals surface area contributed by atoms with Crippen LogP contribution in [0.15, 0.2) is 72.8 Å². The maximum absolute atomic E-state index is 9.80. The lowest BCUT2D eigenvalue weighted by Gasteiger charge is -2.11. The second kappa shape index (κ2) is 7.98. The molecule has 0 atom stereocenters. The third-order valence-corrected chi connectivity index (χ3v) is 4.52. The van der Waals surface area contributed by atoms with Gasteiger partial charge in [0.25, 0.3) is 0 Å². The molecule has 0 aliphatic heterocycles. The zero-order chi connectivity index (χ0) is 20.2. The monoisotopic (exact) mass is 385 g/mol. The molecule has 0 radical (unpaired) electrons. The Balaban J connectivity index is 1.87. The number of aromatic nitrogens is 3. The molecule has 144 valence electrons. The van der Waals surface area contributed by atoms with Gasteiger partial charge in [0.1, 0.15) is 28.6 Å². The van der Waals surface area contributed by atoms with Gasteiger partial charge in [0.15, 0.2) is 5.82 Å². The molecule has 0 saturated heterocycles. The second-order valence-electron chi connectivity index (χ2n) is 6.34. The van der Waals surface area contributed by atoms with E-state index < -0.39 is 0 Å². The number of benzene rings is 3. The minimum Gasteiger partial charge on any atom is -0.508 e. The summed E-state index contributed by atoms with van der Waals surface area (Å²) >= 11 is 0. The van der Waals surface area contributed by atoms with E-state index in [-0.39, 0.29) is 5.75 Å². The zero-order valence-electron chi connectivity index (χ0n) is 16.0. The highest BCUT2D eigenvalue weighted by atomic mass is 16.5. The maximum Gasteiger partial charge on any atom is 0.182 e. The molecule has 0 aliphatic carbocycles. The van der Waals surface area contributed by atoms with Gasteiger partial charge in [-0.2, -0.15) is 0 Å². The van der Waals surface area contributed by atoms with Crippen molar-refractivity contribution in [3.05, 3.63) is 72.8 Å². The third kappa shape index (κ3) is 3.87. The van der Waals surface area contributed by atoms with Crippen molar-refractivity contribution in [2.24, 2.45) is 0 Å². The molecule has 4 rings (SSSR count). The molecule has 0 spiro atoms. The van der Waals surface area contributed by atoms with Gasteiger partial charge in [-0.25, -0.2) is 4.98 Å². The Morgan fingerprint density at radius 1 is 0.655 bits per heavy atom. The number of aromatic hydroxyl groups is 1. The standard InChI is InChI=1S/C23H19N3O3/c1-28-19-10-6-15(7-11-19)21-22(16-8-12-20(29-2)13-9-16)25-26-23(24-21)17-4-3-5-18(27)14-17/h3-14,27H,1-2H3. The average Bonchev–Trinajstić information content (AvgIpc) is 2.79. The third-order valence-electron chi connectivity index (χ3n) is 4.52. The SMILES string of the molecule is COc1ccc(-c2nnc(-c3cccc(O)c3)nc2-c2ccc(OC)cc2)cc1. The minimum absolute atomic E-state index is 0.149. The highest BCUT2D eigenvalue weighted by Crippen LogP contribution is 2.32. The van der Waals surface area contributed by atoms with Crippen LogP contribution in [0.5, 0.6) is 17.2 Å². The molecule has 4 aromatic rings. The molecule has 1 N–H and O–H groups in total. The molecule has 0 amide bonds. The highest BCUT2D eigenvalue weighted by molar-refractivity contribution is 5.79. The molecule has 0 fully saturated rings. The second-order valence-corrected chi connectivity index (χ2v) is 6.34. The molecule has 6 heteroatoms. The summed E-state index contributed by atoms with van der Waals surface area (Å²) in [6, 6.07) is 22.0. The molecule has 3 aromatic carbocycles. The lowest BCUT2D eigenvalue weighted by Crippen LogP contribution is -2.00. The van der Waals surface area contributed by atoms with Crippen LogP contribution in [-0.2, 0) is 0 Å². The van der Waals surface area contributed by atoms with Gasteiger partial charge in [-0.15, -0.1) is 10.2 Å². The number of rotatable bonds is 5. The fourth-order valence-corrected chi connectivity index (χ4v) is 2.99. The Morgan fingerprint density at radius 3 is 1.79 bits per heavy atom. The first-order chi connectivity index (χ1) is 14.2. The number of phenols is 1. The van der Waals surface area contributed by atoms with Gasteiger partial charge in [-0.05, 0) is 60.7 Å². The van der Waals surface area contributed by atoms with E-state index in [9.17, 15) is 5.11 Å². The van der Waals surface area contributed by atoms with Crippen LogP contribution in [0.1, 0.15) is 0 Å². The Hall–Kier alpha value is -3.93. The predicted molar refractivity (Wildman–Crippen MR) is 111 cm³/mol. The van der Waals surface area contributed by atoms with Crippen molar-refractivity contribution in [3.63, 3.8) is 0 Å². The van der Waals surface area contributed by atoms with Crippen LogP contribution in [0.25, 0.3) is 33.9 Å². The molecular weight excluding hydrogens is 366 g/mol. The van der Waals surface area contributed by atoms with Crippen molar-refractivity contribution in [1.29, 1.82) is 0 Å². The molecule has 0 bridgehead atoms. The summed E-state index contributed by atoms with van der Waals surface area (Å²) in [5, 5.41) is 18.6. The molecule has 0 saturated carbocycles. The fraction of sp³-hybridized carbons (Fsp3) is 0.0870. The van der Waals surface area contributed by atoms with Gasteiger partial charge in [0, 0.05) is 16.7 Å². The number of ether oxygens (including phenoxy) is 2. The van der Waals surface area contributed by atoms with Gasteiger partial charge >= 0.3 is 0 Å². The molecule has 1 aromatic heterocycles. The lowest BCUT2D eigenvalue weighted by molar-refractivity contribution is 0.414. The van der Waals surface area contributed by atoms with Gasteiger partial charge in [0.2, 0.25) is 0 Å². The van der Waals surface area contributed by atoms with Crippen LogP contribution in [0.3, 0.4) is 0 Å². The quantitative estimate of drug-likeness (QED) is 0.541. The summed E-state index contributed by atoms with van der Waals surface area (Å²) in [5.74, 6) is 2.10. The van der Waals surface area contributed by atoms with Crippen molar-refractivity contribution in [2.75, 3.05) is 14.2 Å². The van der Waals surface area contributed by atoms with Crippen LogP contribution in [0.4, 0.5) is 0 Å². The molecule has 29 heavy (non-hydrogen) atoms. The summed E-state index contributed by atoms with van der Waals surface area (Å²) in [4.78, 5) is 4.77. The van der Waals surface area contributed by atoms with Crippen molar-refractivity contribution >= 4 is 0 Å². The lowest BCUT2D eigenvalue weighted by atomic mass is 10.0. The summed E-state index contributed by atoms with van der Waals surface area (Å²) in [6.45, 7) is 0. The van der Waals surface area contributed by atoms with E-state index in [1.54, 1.807) is 32.4 Å². The van der Waals surface area contributed by atoms with Crippen molar-refractivity contribution in [1.82, 2.24) is 15.2 Å². The van der Waals surface area contributed by atoms with Crippen LogP contribution in [-0.4, -0.2) is 34.5 Å². The summed E-state index contributed by atoms with van der Waals surface area (Å²) in [6.07, 6.45) is 0. The Morgan fingerprint density at radius 2 is 1.24 bits per heavy atom. The molecule has 1 heterocycles. The van der Waals surface area contributed by atoms with E-state index in [2.05, 4.69) is 10.2 Å². The van der Waals surface area contributed by atoms with E-state index in [4.69, 9.17) is 14.5 Å². The van der Waals surface area contributed by atoms with Gasteiger partial charge in [-0.1, -0.05) is 12.1 Å². The average molecular weight is 385 g/mol. The summed E-state index contributed by atoms with van der Waals surface area (Å²) < 4.78 is 10.5. The van der Waals surface area contributed by atoms with Crippen molar-refractivity contribution in [2.45, 2.75) is 0 Å². The van der Waals surface area contributed by atoms with Crippen molar-refractivity contribution < 1.29 is 14.6 Å². The largest absolute Gasteiger partial charge is 0.508 e. The Kier molecular flexibility index (Phi) is 5.07. The Bertz CT molecular complexity index is 1130.